The minimum atomic E-state index is -0.459. The van der Waals surface area contributed by atoms with Crippen molar-refractivity contribution in [3.05, 3.63) is 22.2 Å². The van der Waals surface area contributed by atoms with Gasteiger partial charge in [0.1, 0.15) is 5.82 Å². The third-order valence-corrected chi connectivity index (χ3v) is 2.36. The molecule has 0 atom stereocenters. The molecule has 0 radical (unpaired) electrons. The molecule has 1 N–H and O–H groups in total. The average Bonchev–Trinajstić information content (AvgIpc) is 2.26. The van der Waals surface area contributed by atoms with Gasteiger partial charge in [0, 0.05) is 7.05 Å². The molecule has 1 heterocycles. The van der Waals surface area contributed by atoms with Crippen LogP contribution in [0.15, 0.2) is 12.1 Å². The second-order valence-electron chi connectivity index (χ2n) is 5.22. The van der Waals surface area contributed by atoms with Crippen LogP contribution in [0.2, 0.25) is 0 Å². The van der Waals surface area contributed by atoms with E-state index in [0.717, 1.165) is 6.42 Å². The highest BCUT2D eigenvalue weighted by atomic mass is 16.6. The van der Waals surface area contributed by atoms with Crippen LogP contribution in [0.25, 0.3) is 0 Å². The first-order valence-electron chi connectivity index (χ1n) is 5.79. The van der Waals surface area contributed by atoms with Gasteiger partial charge in [-0.05, 0) is 11.8 Å². The van der Waals surface area contributed by atoms with Crippen LogP contribution in [-0.4, -0.2) is 23.6 Å². The van der Waals surface area contributed by atoms with Crippen molar-refractivity contribution in [1.82, 2.24) is 4.98 Å². The number of rotatable bonds is 5. The van der Waals surface area contributed by atoms with Crippen molar-refractivity contribution in [3.63, 3.8) is 0 Å². The van der Waals surface area contributed by atoms with E-state index in [1.807, 2.05) is 0 Å². The minimum Gasteiger partial charge on any atom is -0.477 e. The Morgan fingerprint density at radius 2 is 2.11 bits per heavy atom. The summed E-state index contributed by atoms with van der Waals surface area (Å²) in [5.41, 5.74) is 0.132. The second kappa shape index (κ2) is 5.66. The zero-order chi connectivity index (χ0) is 13.8. The van der Waals surface area contributed by atoms with Gasteiger partial charge in [-0.25, -0.2) is 0 Å². The van der Waals surface area contributed by atoms with Crippen LogP contribution in [0.1, 0.15) is 27.2 Å². The molecule has 0 aliphatic rings. The van der Waals surface area contributed by atoms with Gasteiger partial charge in [-0.15, -0.1) is 0 Å². The van der Waals surface area contributed by atoms with E-state index in [4.69, 9.17) is 4.74 Å². The highest BCUT2D eigenvalue weighted by Crippen LogP contribution is 2.23. The van der Waals surface area contributed by atoms with Gasteiger partial charge in [0.2, 0.25) is 5.88 Å². The summed E-state index contributed by atoms with van der Waals surface area (Å²) in [6.45, 7) is 6.81. The Kier molecular flexibility index (Phi) is 4.47. The lowest BCUT2D eigenvalue weighted by atomic mass is 9.93. The van der Waals surface area contributed by atoms with Crippen LogP contribution in [0.3, 0.4) is 0 Å². The Morgan fingerprint density at radius 1 is 1.44 bits per heavy atom. The SMILES string of the molecule is CNc1cc([N+](=O)[O-])cc(OCCC(C)(C)C)n1. The molecule has 1 aromatic rings. The number of pyridine rings is 1. The highest BCUT2D eigenvalue weighted by molar-refractivity contribution is 5.47. The van der Waals surface area contributed by atoms with Crippen LogP contribution in [0, 0.1) is 15.5 Å². The first-order chi connectivity index (χ1) is 8.31. The Morgan fingerprint density at radius 3 is 2.61 bits per heavy atom. The molecule has 18 heavy (non-hydrogen) atoms. The van der Waals surface area contributed by atoms with E-state index in [2.05, 4.69) is 31.1 Å². The standard InChI is InChI=1S/C12H19N3O3/c1-12(2,3)5-6-18-11-8-9(15(16)17)7-10(13-4)14-11/h7-8H,5-6H2,1-4H3,(H,13,14). The molecule has 100 valence electrons. The molecular weight excluding hydrogens is 234 g/mol. The zero-order valence-electron chi connectivity index (χ0n) is 11.2. The maximum atomic E-state index is 10.7. The maximum Gasteiger partial charge on any atom is 0.278 e. The van der Waals surface area contributed by atoms with Gasteiger partial charge in [0.25, 0.3) is 5.69 Å². The number of ether oxygens (including phenoxy) is 1. The molecule has 1 aromatic heterocycles. The topological polar surface area (TPSA) is 77.3 Å². The summed E-state index contributed by atoms with van der Waals surface area (Å²) in [6, 6.07) is 2.71. The number of anilines is 1. The lowest BCUT2D eigenvalue weighted by Gasteiger charge is -2.17. The number of hydrogen-bond donors (Lipinski definition) is 1. The van der Waals surface area contributed by atoms with E-state index in [0.29, 0.717) is 12.4 Å². The molecular formula is C12H19N3O3. The first kappa shape index (κ1) is 14.2. The summed E-state index contributed by atoms with van der Waals surface area (Å²) in [4.78, 5) is 14.4. The molecule has 0 aliphatic carbocycles. The summed E-state index contributed by atoms with van der Waals surface area (Å²) >= 11 is 0. The third kappa shape index (κ3) is 4.57. The fourth-order valence-electron chi connectivity index (χ4n) is 1.26. The number of nitro groups is 1. The molecule has 0 bridgehead atoms. The van der Waals surface area contributed by atoms with Crippen LogP contribution >= 0.6 is 0 Å². The zero-order valence-corrected chi connectivity index (χ0v) is 11.2. The molecule has 0 aromatic carbocycles. The summed E-state index contributed by atoms with van der Waals surface area (Å²) in [5, 5.41) is 13.5. The van der Waals surface area contributed by atoms with Crippen molar-refractivity contribution in [2.24, 2.45) is 5.41 Å². The molecule has 0 unspecified atom stereocenters. The smallest absolute Gasteiger partial charge is 0.278 e. The van der Waals surface area contributed by atoms with Crippen LogP contribution in [0.4, 0.5) is 11.5 Å². The predicted molar refractivity (Wildman–Crippen MR) is 70.0 cm³/mol. The monoisotopic (exact) mass is 253 g/mol. The van der Waals surface area contributed by atoms with E-state index in [1.165, 1.54) is 12.1 Å². The van der Waals surface area contributed by atoms with Gasteiger partial charge >= 0.3 is 0 Å². The Bertz CT molecular complexity index is 427. The van der Waals surface area contributed by atoms with Crippen molar-refractivity contribution in [3.8, 4) is 5.88 Å². The maximum absolute atomic E-state index is 10.7. The van der Waals surface area contributed by atoms with E-state index < -0.39 is 4.92 Å². The molecule has 0 saturated carbocycles. The largest absolute Gasteiger partial charge is 0.477 e. The van der Waals surface area contributed by atoms with Gasteiger partial charge in [-0.3, -0.25) is 10.1 Å². The van der Waals surface area contributed by atoms with E-state index in [-0.39, 0.29) is 17.0 Å². The van der Waals surface area contributed by atoms with Gasteiger partial charge < -0.3 is 10.1 Å². The summed E-state index contributed by atoms with van der Waals surface area (Å²) in [6.07, 6.45) is 0.853. The van der Waals surface area contributed by atoms with Crippen molar-refractivity contribution < 1.29 is 9.66 Å². The van der Waals surface area contributed by atoms with E-state index in [9.17, 15) is 10.1 Å². The third-order valence-electron chi connectivity index (χ3n) is 2.36. The van der Waals surface area contributed by atoms with Crippen molar-refractivity contribution in [1.29, 1.82) is 0 Å². The number of aromatic nitrogens is 1. The Balaban J connectivity index is 2.76. The predicted octanol–water partition coefficient (Wildman–Crippen LogP) is 2.85. The first-order valence-corrected chi connectivity index (χ1v) is 5.79. The fourth-order valence-corrected chi connectivity index (χ4v) is 1.26. The normalized spacial score (nSPS) is 11.1. The van der Waals surface area contributed by atoms with Crippen LogP contribution in [-0.2, 0) is 0 Å². The summed E-state index contributed by atoms with van der Waals surface area (Å²) < 4.78 is 5.46. The van der Waals surface area contributed by atoms with Crippen molar-refractivity contribution >= 4 is 11.5 Å². The molecule has 0 spiro atoms. The highest BCUT2D eigenvalue weighted by Gasteiger charge is 2.13. The van der Waals surface area contributed by atoms with Gasteiger partial charge in [-0.1, -0.05) is 20.8 Å². The van der Waals surface area contributed by atoms with E-state index >= 15 is 0 Å². The van der Waals surface area contributed by atoms with Gasteiger partial charge in [0.15, 0.2) is 0 Å². The Hall–Kier alpha value is -1.85. The molecule has 1 rings (SSSR count). The number of hydrogen-bond acceptors (Lipinski definition) is 5. The lowest BCUT2D eigenvalue weighted by molar-refractivity contribution is -0.384. The Labute approximate surface area is 107 Å². The molecule has 0 saturated heterocycles. The average molecular weight is 253 g/mol. The van der Waals surface area contributed by atoms with Crippen LogP contribution in [0.5, 0.6) is 5.88 Å². The molecule has 6 heteroatoms. The van der Waals surface area contributed by atoms with Gasteiger partial charge in [0.05, 0.1) is 23.7 Å². The quantitative estimate of drug-likeness (QED) is 0.645. The fraction of sp³-hybridized carbons (Fsp3) is 0.583. The summed E-state index contributed by atoms with van der Waals surface area (Å²) in [5.74, 6) is 0.702. The number of nitrogens with zero attached hydrogens (tertiary/aromatic N) is 2. The molecule has 0 aliphatic heterocycles. The van der Waals surface area contributed by atoms with E-state index in [1.54, 1.807) is 7.05 Å². The summed E-state index contributed by atoms with van der Waals surface area (Å²) in [7, 11) is 1.66. The van der Waals surface area contributed by atoms with Crippen LogP contribution < -0.4 is 10.1 Å². The second-order valence-corrected chi connectivity index (χ2v) is 5.22. The lowest BCUT2D eigenvalue weighted by Crippen LogP contribution is -2.11. The molecule has 6 nitrogen and oxygen atoms in total. The molecule has 0 amide bonds. The number of nitrogens with one attached hydrogen (secondary N) is 1. The van der Waals surface area contributed by atoms with Gasteiger partial charge in [-0.2, -0.15) is 4.98 Å². The minimum absolute atomic E-state index is 0.0277. The van der Waals surface area contributed by atoms with Crippen molar-refractivity contribution in [2.45, 2.75) is 27.2 Å². The molecule has 0 fully saturated rings. The van der Waals surface area contributed by atoms with Crippen molar-refractivity contribution in [2.75, 3.05) is 19.0 Å².